The van der Waals surface area contributed by atoms with E-state index in [2.05, 4.69) is 47.7 Å². The second-order valence-corrected chi connectivity index (χ2v) is 6.71. The molecule has 3 aromatic rings. The molecule has 1 amide bonds. The third-order valence-corrected chi connectivity index (χ3v) is 4.49. The van der Waals surface area contributed by atoms with Crippen molar-refractivity contribution in [2.24, 2.45) is 0 Å². The van der Waals surface area contributed by atoms with Gasteiger partial charge in [0.2, 0.25) is 5.91 Å². The van der Waals surface area contributed by atoms with Gasteiger partial charge in [0.1, 0.15) is 5.82 Å². The number of anilines is 3. The molecule has 0 atom stereocenters. The Morgan fingerprint density at radius 2 is 2.04 bits per heavy atom. The Morgan fingerprint density at radius 3 is 2.75 bits per heavy atom. The van der Waals surface area contributed by atoms with Gasteiger partial charge in [0.05, 0.1) is 18.3 Å². The van der Waals surface area contributed by atoms with E-state index in [0.29, 0.717) is 12.1 Å². The van der Waals surface area contributed by atoms with Crippen LogP contribution in [0.15, 0.2) is 54.0 Å². The third-order valence-electron chi connectivity index (χ3n) is 3.62. The first kappa shape index (κ1) is 16.2. The molecular formula is C19H19N3OS. The molecule has 3 rings (SSSR count). The van der Waals surface area contributed by atoms with Gasteiger partial charge in [-0.05, 0) is 54.6 Å². The van der Waals surface area contributed by atoms with E-state index >= 15 is 0 Å². The van der Waals surface area contributed by atoms with Crippen molar-refractivity contribution < 1.29 is 4.79 Å². The van der Waals surface area contributed by atoms with Crippen molar-refractivity contribution >= 4 is 34.4 Å². The second-order valence-electron chi connectivity index (χ2n) is 5.68. The van der Waals surface area contributed by atoms with Gasteiger partial charge in [-0.25, -0.2) is 4.98 Å². The lowest BCUT2D eigenvalue weighted by molar-refractivity contribution is -0.115. The van der Waals surface area contributed by atoms with Gasteiger partial charge in [-0.3, -0.25) is 4.79 Å². The van der Waals surface area contributed by atoms with Crippen LogP contribution in [-0.2, 0) is 11.2 Å². The zero-order valence-corrected chi connectivity index (χ0v) is 14.5. The third kappa shape index (κ3) is 4.20. The van der Waals surface area contributed by atoms with Gasteiger partial charge in [0, 0.05) is 10.6 Å². The van der Waals surface area contributed by atoms with E-state index < -0.39 is 0 Å². The first-order valence-corrected chi connectivity index (χ1v) is 8.61. The van der Waals surface area contributed by atoms with Gasteiger partial charge >= 0.3 is 0 Å². The SMILES string of the molecule is Cc1ccc(C)c(Nc2ccc(NC(=O)Cc3cccs3)cn2)c1. The topological polar surface area (TPSA) is 54.0 Å². The van der Waals surface area contributed by atoms with E-state index in [1.165, 1.54) is 5.56 Å². The molecule has 4 nitrogen and oxygen atoms in total. The molecule has 0 aliphatic rings. The predicted octanol–water partition coefficient (Wildman–Crippen LogP) is 4.68. The number of carbonyl (C=O) groups excluding carboxylic acids is 1. The van der Waals surface area contributed by atoms with Crippen LogP contribution in [0.3, 0.4) is 0 Å². The lowest BCUT2D eigenvalue weighted by Crippen LogP contribution is -2.13. The number of rotatable bonds is 5. The van der Waals surface area contributed by atoms with Crippen LogP contribution in [-0.4, -0.2) is 10.9 Å². The fourth-order valence-electron chi connectivity index (χ4n) is 2.33. The normalized spacial score (nSPS) is 10.4. The number of hydrogen-bond acceptors (Lipinski definition) is 4. The Balaban J connectivity index is 1.62. The van der Waals surface area contributed by atoms with Gasteiger partial charge in [-0.2, -0.15) is 0 Å². The van der Waals surface area contributed by atoms with Crippen LogP contribution in [0.1, 0.15) is 16.0 Å². The Morgan fingerprint density at radius 1 is 1.17 bits per heavy atom. The Bertz CT molecular complexity index is 826. The van der Waals surface area contributed by atoms with Crippen LogP contribution < -0.4 is 10.6 Å². The van der Waals surface area contributed by atoms with Crippen LogP contribution in [0.5, 0.6) is 0 Å². The highest BCUT2D eigenvalue weighted by Crippen LogP contribution is 2.21. The average molecular weight is 337 g/mol. The summed E-state index contributed by atoms with van der Waals surface area (Å²) in [6.07, 6.45) is 2.06. The van der Waals surface area contributed by atoms with E-state index in [1.54, 1.807) is 17.5 Å². The molecule has 0 unspecified atom stereocenters. The summed E-state index contributed by atoms with van der Waals surface area (Å²) < 4.78 is 0. The summed E-state index contributed by atoms with van der Waals surface area (Å²) in [6.45, 7) is 4.12. The maximum absolute atomic E-state index is 12.0. The van der Waals surface area contributed by atoms with E-state index in [0.717, 1.165) is 21.9 Å². The molecule has 2 N–H and O–H groups in total. The first-order chi connectivity index (χ1) is 11.6. The van der Waals surface area contributed by atoms with Crippen LogP contribution in [0, 0.1) is 13.8 Å². The lowest BCUT2D eigenvalue weighted by Gasteiger charge is -2.10. The summed E-state index contributed by atoms with van der Waals surface area (Å²) in [7, 11) is 0. The number of pyridine rings is 1. The standard InChI is InChI=1S/C19H19N3OS/c1-13-5-6-14(2)17(10-13)22-18-8-7-15(12-20-18)21-19(23)11-16-4-3-9-24-16/h3-10,12H,11H2,1-2H3,(H,20,22)(H,21,23). The molecule has 0 aliphatic heterocycles. The minimum absolute atomic E-state index is 0.0329. The fourth-order valence-corrected chi connectivity index (χ4v) is 3.03. The minimum atomic E-state index is -0.0329. The van der Waals surface area contributed by atoms with Crippen molar-refractivity contribution in [3.63, 3.8) is 0 Å². The van der Waals surface area contributed by atoms with Crippen molar-refractivity contribution in [2.75, 3.05) is 10.6 Å². The molecule has 0 saturated heterocycles. The molecule has 0 bridgehead atoms. The van der Waals surface area contributed by atoms with Crippen molar-refractivity contribution in [1.29, 1.82) is 0 Å². The second kappa shape index (κ2) is 7.27. The number of aryl methyl sites for hydroxylation is 2. The van der Waals surface area contributed by atoms with Gasteiger partial charge in [0.15, 0.2) is 0 Å². The number of amides is 1. The molecule has 0 saturated carbocycles. The van der Waals surface area contributed by atoms with Crippen LogP contribution in [0.25, 0.3) is 0 Å². The summed E-state index contributed by atoms with van der Waals surface area (Å²) in [5.41, 5.74) is 4.09. The number of benzene rings is 1. The number of hydrogen-bond donors (Lipinski definition) is 2. The van der Waals surface area contributed by atoms with E-state index in [-0.39, 0.29) is 5.91 Å². The molecule has 122 valence electrons. The smallest absolute Gasteiger partial charge is 0.229 e. The molecule has 0 aliphatic carbocycles. The zero-order valence-electron chi connectivity index (χ0n) is 13.7. The summed E-state index contributed by atoms with van der Waals surface area (Å²) in [5, 5.41) is 8.15. The fraction of sp³-hybridized carbons (Fsp3) is 0.158. The Hall–Kier alpha value is -2.66. The quantitative estimate of drug-likeness (QED) is 0.710. The van der Waals surface area contributed by atoms with E-state index in [1.807, 2.05) is 29.6 Å². The number of aromatic nitrogens is 1. The number of carbonyl (C=O) groups is 1. The van der Waals surface area contributed by atoms with E-state index in [9.17, 15) is 4.79 Å². The lowest BCUT2D eigenvalue weighted by atomic mass is 10.1. The van der Waals surface area contributed by atoms with Gasteiger partial charge < -0.3 is 10.6 Å². The average Bonchev–Trinajstić information content (AvgIpc) is 3.05. The first-order valence-electron chi connectivity index (χ1n) is 7.73. The molecule has 0 radical (unpaired) electrons. The molecule has 2 heterocycles. The van der Waals surface area contributed by atoms with Gasteiger partial charge in [-0.1, -0.05) is 18.2 Å². The number of nitrogens with zero attached hydrogens (tertiary/aromatic N) is 1. The summed E-state index contributed by atoms with van der Waals surface area (Å²) in [5.74, 6) is 0.717. The predicted molar refractivity (Wildman–Crippen MR) is 100 cm³/mol. The minimum Gasteiger partial charge on any atom is -0.340 e. The molecule has 2 aromatic heterocycles. The number of nitrogens with one attached hydrogen (secondary N) is 2. The van der Waals surface area contributed by atoms with Crippen molar-refractivity contribution in [1.82, 2.24) is 4.98 Å². The van der Waals surface area contributed by atoms with E-state index in [4.69, 9.17) is 0 Å². The maximum atomic E-state index is 12.0. The van der Waals surface area contributed by atoms with Crippen LogP contribution >= 0.6 is 11.3 Å². The van der Waals surface area contributed by atoms with Crippen LogP contribution in [0.4, 0.5) is 17.2 Å². The Kier molecular flexibility index (Phi) is 4.91. The maximum Gasteiger partial charge on any atom is 0.229 e. The summed E-state index contributed by atoms with van der Waals surface area (Å²) >= 11 is 1.58. The largest absolute Gasteiger partial charge is 0.340 e. The van der Waals surface area contributed by atoms with Crippen molar-refractivity contribution in [3.05, 3.63) is 70.0 Å². The summed E-state index contributed by atoms with van der Waals surface area (Å²) in [4.78, 5) is 17.4. The van der Waals surface area contributed by atoms with Crippen LogP contribution in [0.2, 0.25) is 0 Å². The zero-order chi connectivity index (χ0) is 16.9. The van der Waals surface area contributed by atoms with Crippen molar-refractivity contribution in [3.8, 4) is 0 Å². The number of thiophene rings is 1. The van der Waals surface area contributed by atoms with Crippen molar-refractivity contribution in [2.45, 2.75) is 20.3 Å². The molecule has 0 fully saturated rings. The molecule has 1 aromatic carbocycles. The highest BCUT2D eigenvalue weighted by Gasteiger charge is 2.06. The summed E-state index contributed by atoms with van der Waals surface area (Å²) in [6, 6.07) is 13.9. The molecule has 24 heavy (non-hydrogen) atoms. The van der Waals surface area contributed by atoms with Gasteiger partial charge in [-0.15, -0.1) is 11.3 Å². The monoisotopic (exact) mass is 337 g/mol. The molecule has 0 spiro atoms. The molecule has 5 heteroatoms. The Labute approximate surface area is 145 Å². The highest BCUT2D eigenvalue weighted by atomic mass is 32.1. The molecular weight excluding hydrogens is 318 g/mol. The van der Waals surface area contributed by atoms with Gasteiger partial charge in [0.25, 0.3) is 0 Å². The highest BCUT2D eigenvalue weighted by molar-refractivity contribution is 7.10.